The lowest BCUT2D eigenvalue weighted by atomic mass is 9.97. The van der Waals surface area contributed by atoms with Crippen LogP contribution < -0.4 is 15.0 Å². The fourth-order valence-electron chi connectivity index (χ4n) is 5.99. The largest absolute Gasteiger partial charge is 0.476 e. The third-order valence-electron chi connectivity index (χ3n) is 8.29. The number of likely N-dealkylation sites (tertiary alicyclic amines) is 1. The average Bonchev–Trinajstić information content (AvgIpc) is 3.00. The summed E-state index contributed by atoms with van der Waals surface area (Å²) in [6.45, 7) is 18.4. The number of amides is 4. The molecule has 1 aromatic carbocycles. The summed E-state index contributed by atoms with van der Waals surface area (Å²) in [7, 11) is 0. The van der Waals surface area contributed by atoms with Gasteiger partial charge < -0.3 is 39.0 Å². The number of esters is 2. The number of hydrogen-bond donors (Lipinski definition) is 1. The normalized spacial score (nSPS) is 17.7. The third kappa shape index (κ3) is 10.6. The zero-order valence-electron chi connectivity index (χ0n) is 31.2. The quantitative estimate of drug-likeness (QED) is 0.243. The van der Waals surface area contributed by atoms with Crippen LogP contribution in [0.4, 0.5) is 10.5 Å². The van der Waals surface area contributed by atoms with Crippen LogP contribution in [0.1, 0.15) is 110 Å². The van der Waals surface area contributed by atoms with Crippen LogP contribution in [-0.4, -0.2) is 101 Å². The summed E-state index contributed by atoms with van der Waals surface area (Å²) in [5.41, 5.74) is -0.309. The maximum atomic E-state index is 14.3. The Kier molecular flexibility index (Phi) is 13.3. The maximum Gasteiger partial charge on any atom is 0.412 e. The second-order valence-electron chi connectivity index (χ2n) is 14.5. The van der Waals surface area contributed by atoms with Crippen molar-refractivity contribution in [2.75, 3.05) is 31.1 Å². The molecule has 14 heteroatoms. The first-order valence-corrected chi connectivity index (χ1v) is 17.4. The number of fused-ring (bicyclic) bond motifs is 1. The fourth-order valence-corrected chi connectivity index (χ4v) is 5.99. The fraction of sp³-hybridized carbons (Fsp3) is 0.667. The van der Waals surface area contributed by atoms with E-state index in [2.05, 4.69) is 5.32 Å². The van der Waals surface area contributed by atoms with Gasteiger partial charge in [-0.1, -0.05) is 6.92 Å². The number of ether oxygens (including phenoxy) is 4. The van der Waals surface area contributed by atoms with Crippen molar-refractivity contribution in [3.63, 3.8) is 0 Å². The SMILES string of the molecule is CCC(=O)NCCN1C(=O)C(C)(C)Oc2cc(C)c(C(=O)N(C(C)C)[C@@H]3CCCN(C(=O)OC(C)OC(=O)CCC(=O)OC(C)(C)C)C3)cc21. The molecule has 4 amide bonds. The van der Waals surface area contributed by atoms with Crippen LogP contribution in [0.15, 0.2) is 12.1 Å². The van der Waals surface area contributed by atoms with E-state index in [1.807, 2.05) is 20.8 Å². The Labute approximate surface area is 295 Å². The van der Waals surface area contributed by atoms with Gasteiger partial charge in [0.1, 0.15) is 11.4 Å². The van der Waals surface area contributed by atoms with Crippen molar-refractivity contribution in [1.29, 1.82) is 0 Å². The van der Waals surface area contributed by atoms with E-state index in [0.29, 0.717) is 48.4 Å². The van der Waals surface area contributed by atoms with Gasteiger partial charge in [-0.15, -0.1) is 0 Å². The van der Waals surface area contributed by atoms with Gasteiger partial charge in [-0.05, 0) is 85.9 Å². The van der Waals surface area contributed by atoms with Crippen molar-refractivity contribution < 1.29 is 47.7 Å². The highest BCUT2D eigenvalue weighted by Gasteiger charge is 2.42. The Bertz CT molecular complexity index is 1450. The number of benzene rings is 1. The van der Waals surface area contributed by atoms with E-state index in [1.54, 1.807) is 63.5 Å². The van der Waals surface area contributed by atoms with Gasteiger partial charge in [-0.25, -0.2) is 4.79 Å². The number of aryl methyl sites for hydroxylation is 1. The first-order chi connectivity index (χ1) is 23.2. The van der Waals surface area contributed by atoms with Crippen LogP contribution in [0.3, 0.4) is 0 Å². The van der Waals surface area contributed by atoms with E-state index in [1.165, 1.54) is 11.8 Å². The molecule has 1 unspecified atom stereocenters. The smallest absolute Gasteiger partial charge is 0.412 e. The van der Waals surface area contributed by atoms with E-state index < -0.39 is 35.5 Å². The molecule has 0 spiro atoms. The molecule has 0 radical (unpaired) electrons. The molecule has 2 atom stereocenters. The van der Waals surface area contributed by atoms with Gasteiger partial charge in [0.05, 0.1) is 24.6 Å². The first kappa shape index (κ1) is 40.1. The molecule has 2 aliphatic rings. The van der Waals surface area contributed by atoms with Gasteiger partial charge >= 0.3 is 18.0 Å². The van der Waals surface area contributed by atoms with Gasteiger partial charge in [-0.2, -0.15) is 0 Å². The molecule has 0 aliphatic carbocycles. The lowest BCUT2D eigenvalue weighted by molar-refractivity contribution is -0.169. The first-order valence-electron chi connectivity index (χ1n) is 17.4. The molecule has 278 valence electrons. The molecule has 1 fully saturated rings. The number of rotatable bonds is 12. The third-order valence-corrected chi connectivity index (χ3v) is 8.29. The zero-order valence-corrected chi connectivity index (χ0v) is 31.2. The van der Waals surface area contributed by atoms with Gasteiger partial charge in [0.2, 0.25) is 12.2 Å². The van der Waals surface area contributed by atoms with Crippen molar-refractivity contribution >= 4 is 41.4 Å². The van der Waals surface area contributed by atoms with E-state index >= 15 is 0 Å². The highest BCUT2D eigenvalue weighted by atomic mass is 16.7. The summed E-state index contributed by atoms with van der Waals surface area (Å²) < 4.78 is 21.9. The van der Waals surface area contributed by atoms with E-state index in [9.17, 15) is 28.8 Å². The molecular weight excluding hydrogens is 648 g/mol. The molecule has 1 aromatic rings. The predicted octanol–water partition coefficient (Wildman–Crippen LogP) is 4.49. The standard InChI is InChI=1S/C36H54N4O10/c1-11-29(41)37-16-18-39-27-20-26(23(4)19-28(27)49-36(9,10)33(39)45)32(44)40(22(2)3)25-13-12-17-38(21-25)34(46)48-24(5)47-30(42)14-15-31(43)50-35(6,7)8/h19-20,22,24-25H,11-18,21H2,1-10H3,(H,37,41)/t24?,25-/m1/s1. The minimum atomic E-state index is -1.19. The Morgan fingerprint density at radius 3 is 2.34 bits per heavy atom. The van der Waals surface area contributed by atoms with Crippen molar-refractivity contribution in [2.24, 2.45) is 0 Å². The Hall–Kier alpha value is -4.36. The number of anilines is 1. The predicted molar refractivity (Wildman–Crippen MR) is 185 cm³/mol. The highest BCUT2D eigenvalue weighted by Crippen LogP contribution is 2.40. The number of carbonyl (C=O) groups is 6. The lowest BCUT2D eigenvalue weighted by Crippen LogP contribution is -2.55. The monoisotopic (exact) mass is 702 g/mol. The minimum Gasteiger partial charge on any atom is -0.476 e. The Morgan fingerprint density at radius 1 is 1.06 bits per heavy atom. The molecule has 1 saturated heterocycles. The molecule has 0 bridgehead atoms. The number of carbonyl (C=O) groups excluding carboxylic acids is 6. The van der Waals surface area contributed by atoms with Gasteiger partial charge in [-0.3, -0.25) is 24.0 Å². The second-order valence-corrected chi connectivity index (χ2v) is 14.5. The average molecular weight is 703 g/mol. The number of hydrogen-bond acceptors (Lipinski definition) is 10. The van der Waals surface area contributed by atoms with Crippen molar-refractivity contribution in [3.05, 3.63) is 23.3 Å². The number of nitrogens with one attached hydrogen (secondary N) is 1. The van der Waals surface area contributed by atoms with Crippen LogP contribution >= 0.6 is 0 Å². The Morgan fingerprint density at radius 2 is 1.72 bits per heavy atom. The van der Waals surface area contributed by atoms with Crippen molar-refractivity contribution in [1.82, 2.24) is 15.1 Å². The second kappa shape index (κ2) is 16.6. The lowest BCUT2D eigenvalue weighted by Gasteiger charge is -2.42. The minimum absolute atomic E-state index is 0.131. The van der Waals surface area contributed by atoms with Gasteiger partial charge in [0.15, 0.2) is 5.60 Å². The van der Waals surface area contributed by atoms with Crippen molar-refractivity contribution in [2.45, 2.75) is 131 Å². The van der Waals surface area contributed by atoms with Crippen LogP contribution in [-0.2, 0) is 33.4 Å². The summed E-state index contributed by atoms with van der Waals surface area (Å²) in [5, 5.41) is 2.80. The summed E-state index contributed by atoms with van der Waals surface area (Å²) >= 11 is 0. The molecule has 14 nitrogen and oxygen atoms in total. The highest BCUT2D eigenvalue weighted by molar-refractivity contribution is 6.05. The van der Waals surface area contributed by atoms with Crippen molar-refractivity contribution in [3.8, 4) is 5.75 Å². The summed E-state index contributed by atoms with van der Waals surface area (Å²) in [5.74, 6) is -1.45. The summed E-state index contributed by atoms with van der Waals surface area (Å²) in [4.78, 5) is 81.7. The molecule has 0 aromatic heterocycles. The number of nitrogens with zero attached hydrogens (tertiary/aromatic N) is 3. The summed E-state index contributed by atoms with van der Waals surface area (Å²) in [6.07, 6.45) is -0.687. The molecule has 0 saturated carbocycles. The maximum absolute atomic E-state index is 14.3. The topological polar surface area (TPSA) is 161 Å². The van der Waals surface area contributed by atoms with Crippen LogP contribution in [0.25, 0.3) is 0 Å². The zero-order chi connectivity index (χ0) is 37.6. The van der Waals surface area contributed by atoms with E-state index in [4.69, 9.17) is 18.9 Å². The van der Waals surface area contributed by atoms with E-state index in [0.717, 1.165) is 0 Å². The summed E-state index contributed by atoms with van der Waals surface area (Å²) in [6, 6.07) is 2.85. The molecular formula is C36H54N4O10. The Balaban J connectivity index is 1.72. The molecule has 1 N–H and O–H groups in total. The molecule has 50 heavy (non-hydrogen) atoms. The molecule has 2 aliphatic heterocycles. The molecule has 3 rings (SSSR count). The molecule has 2 heterocycles. The van der Waals surface area contributed by atoms with Gasteiger partial charge in [0.25, 0.3) is 11.8 Å². The van der Waals surface area contributed by atoms with Crippen LogP contribution in [0.2, 0.25) is 0 Å². The van der Waals surface area contributed by atoms with E-state index in [-0.39, 0.29) is 62.3 Å². The van der Waals surface area contributed by atoms with Crippen LogP contribution in [0.5, 0.6) is 5.75 Å². The number of piperidine rings is 1. The van der Waals surface area contributed by atoms with Gasteiger partial charge in [0, 0.05) is 51.1 Å². The van der Waals surface area contributed by atoms with Crippen LogP contribution in [0, 0.1) is 6.92 Å².